The van der Waals surface area contributed by atoms with Crippen LogP contribution in [0.4, 0.5) is 5.69 Å². The fourth-order valence-corrected chi connectivity index (χ4v) is 3.68. The maximum atomic E-state index is 12.1. The Morgan fingerprint density at radius 2 is 1.83 bits per heavy atom. The van der Waals surface area contributed by atoms with E-state index < -0.39 is 15.9 Å². The SMILES string of the molecule is CCCNS(=O)(=O)c1ccc(NC(=S)NC(=O)C=Cc2ccccc2OC)cc1. The molecule has 0 aromatic heterocycles. The van der Waals surface area contributed by atoms with Gasteiger partial charge in [-0.3, -0.25) is 10.1 Å². The van der Waals surface area contributed by atoms with E-state index in [-0.39, 0.29) is 10.0 Å². The Balaban J connectivity index is 1.93. The van der Waals surface area contributed by atoms with E-state index >= 15 is 0 Å². The Kier molecular flexibility index (Phi) is 8.32. The fourth-order valence-electron chi connectivity index (χ4n) is 2.32. The van der Waals surface area contributed by atoms with E-state index in [1.54, 1.807) is 31.4 Å². The minimum atomic E-state index is -3.53. The molecule has 0 aliphatic carbocycles. The Morgan fingerprint density at radius 3 is 2.48 bits per heavy atom. The lowest BCUT2D eigenvalue weighted by Crippen LogP contribution is -2.32. The summed E-state index contributed by atoms with van der Waals surface area (Å²) in [6, 6.07) is 13.4. The monoisotopic (exact) mass is 433 g/mol. The smallest absolute Gasteiger partial charge is 0.250 e. The number of thiocarbonyl (C=S) groups is 1. The minimum Gasteiger partial charge on any atom is -0.496 e. The number of para-hydroxylation sites is 1. The zero-order valence-corrected chi connectivity index (χ0v) is 17.8. The van der Waals surface area contributed by atoms with Crippen LogP contribution in [0.15, 0.2) is 59.5 Å². The molecular weight excluding hydrogens is 410 g/mol. The Hall–Kier alpha value is -2.75. The van der Waals surface area contributed by atoms with E-state index in [1.807, 2.05) is 25.1 Å². The van der Waals surface area contributed by atoms with Gasteiger partial charge in [0.25, 0.3) is 0 Å². The van der Waals surface area contributed by atoms with Crippen molar-refractivity contribution in [2.75, 3.05) is 19.0 Å². The molecule has 2 aromatic carbocycles. The van der Waals surface area contributed by atoms with Crippen LogP contribution >= 0.6 is 12.2 Å². The molecule has 2 aromatic rings. The maximum absolute atomic E-state index is 12.1. The normalized spacial score (nSPS) is 11.2. The van der Waals surface area contributed by atoms with E-state index in [0.717, 1.165) is 5.56 Å². The Bertz CT molecular complexity index is 987. The van der Waals surface area contributed by atoms with Gasteiger partial charge in [0.05, 0.1) is 12.0 Å². The molecule has 0 radical (unpaired) electrons. The van der Waals surface area contributed by atoms with Crippen molar-refractivity contribution in [3.8, 4) is 5.75 Å². The molecule has 3 N–H and O–H groups in total. The second-order valence-electron chi connectivity index (χ2n) is 5.94. The van der Waals surface area contributed by atoms with Crippen LogP contribution < -0.4 is 20.1 Å². The van der Waals surface area contributed by atoms with Gasteiger partial charge < -0.3 is 10.1 Å². The van der Waals surface area contributed by atoms with Crippen molar-refractivity contribution >= 4 is 45.0 Å². The summed E-state index contributed by atoms with van der Waals surface area (Å²) in [5.74, 6) is 0.247. The van der Waals surface area contributed by atoms with Crippen molar-refractivity contribution in [3.05, 3.63) is 60.2 Å². The standard InChI is InChI=1S/C20H23N3O4S2/c1-3-14-21-29(25,26)17-11-9-16(10-12-17)22-20(28)23-19(24)13-8-15-6-4-5-7-18(15)27-2/h4-13,21H,3,14H2,1-2H3,(H2,22,23,24,28). The second-order valence-corrected chi connectivity index (χ2v) is 8.12. The highest BCUT2D eigenvalue weighted by atomic mass is 32.2. The maximum Gasteiger partial charge on any atom is 0.250 e. The molecule has 0 saturated heterocycles. The third-order valence-electron chi connectivity index (χ3n) is 3.75. The van der Waals surface area contributed by atoms with Crippen LogP contribution in [0, 0.1) is 0 Å². The van der Waals surface area contributed by atoms with Gasteiger partial charge in [0.1, 0.15) is 5.75 Å². The summed E-state index contributed by atoms with van der Waals surface area (Å²) in [5.41, 5.74) is 1.32. The van der Waals surface area contributed by atoms with Crippen molar-refractivity contribution < 1.29 is 17.9 Å². The van der Waals surface area contributed by atoms with Crippen LogP contribution in [0.1, 0.15) is 18.9 Å². The zero-order valence-electron chi connectivity index (χ0n) is 16.1. The van der Waals surface area contributed by atoms with Crippen LogP contribution in [0.3, 0.4) is 0 Å². The van der Waals surface area contributed by atoms with Crippen molar-refractivity contribution in [3.63, 3.8) is 0 Å². The fraction of sp³-hybridized carbons (Fsp3) is 0.200. The van der Waals surface area contributed by atoms with Crippen molar-refractivity contribution in [2.24, 2.45) is 0 Å². The predicted molar refractivity (Wildman–Crippen MR) is 118 cm³/mol. The number of rotatable bonds is 8. The van der Waals surface area contributed by atoms with Gasteiger partial charge in [-0.1, -0.05) is 25.1 Å². The lowest BCUT2D eigenvalue weighted by molar-refractivity contribution is -0.115. The van der Waals surface area contributed by atoms with Crippen LogP contribution in [0.25, 0.3) is 6.08 Å². The topological polar surface area (TPSA) is 96.5 Å². The van der Waals surface area contributed by atoms with Crippen molar-refractivity contribution in [1.29, 1.82) is 0 Å². The van der Waals surface area contributed by atoms with Gasteiger partial charge in [0.2, 0.25) is 15.9 Å². The van der Waals surface area contributed by atoms with Gasteiger partial charge >= 0.3 is 0 Å². The zero-order chi connectivity index (χ0) is 21.3. The number of anilines is 1. The number of hydrogen-bond acceptors (Lipinski definition) is 5. The van der Waals surface area contributed by atoms with Gasteiger partial charge in [-0.25, -0.2) is 13.1 Å². The molecule has 0 aliphatic heterocycles. The highest BCUT2D eigenvalue weighted by Gasteiger charge is 2.12. The molecule has 2 rings (SSSR count). The number of ether oxygens (including phenoxy) is 1. The summed E-state index contributed by atoms with van der Waals surface area (Å²) >= 11 is 5.12. The average molecular weight is 434 g/mol. The highest BCUT2D eigenvalue weighted by Crippen LogP contribution is 2.18. The number of carbonyl (C=O) groups is 1. The summed E-state index contributed by atoms with van der Waals surface area (Å²) in [5, 5.41) is 5.47. The molecule has 29 heavy (non-hydrogen) atoms. The first kappa shape index (κ1) is 22.5. The highest BCUT2D eigenvalue weighted by molar-refractivity contribution is 7.89. The first-order chi connectivity index (χ1) is 13.9. The van der Waals surface area contributed by atoms with Crippen LogP contribution in [0.2, 0.25) is 0 Å². The van der Waals surface area contributed by atoms with Crippen LogP contribution in [-0.2, 0) is 14.8 Å². The molecular formula is C20H23N3O4S2. The van der Waals surface area contributed by atoms with Crippen molar-refractivity contribution in [2.45, 2.75) is 18.2 Å². The molecule has 0 unspecified atom stereocenters. The molecule has 0 bridgehead atoms. The first-order valence-corrected chi connectivity index (χ1v) is 10.8. The Morgan fingerprint density at radius 1 is 1.14 bits per heavy atom. The van der Waals surface area contributed by atoms with Crippen LogP contribution in [0.5, 0.6) is 5.75 Å². The van der Waals surface area contributed by atoms with E-state index in [1.165, 1.54) is 18.2 Å². The summed E-state index contributed by atoms with van der Waals surface area (Å²) in [4.78, 5) is 12.2. The minimum absolute atomic E-state index is 0.0967. The number of nitrogens with one attached hydrogen (secondary N) is 3. The predicted octanol–water partition coefficient (Wildman–Crippen LogP) is 2.91. The van der Waals surface area contributed by atoms with Gasteiger partial charge in [0.15, 0.2) is 5.11 Å². The van der Waals surface area contributed by atoms with Gasteiger partial charge in [-0.2, -0.15) is 0 Å². The van der Waals surface area contributed by atoms with E-state index in [9.17, 15) is 13.2 Å². The molecule has 0 heterocycles. The summed E-state index contributed by atoms with van der Waals surface area (Å²) in [7, 11) is -1.97. The molecule has 0 fully saturated rings. The summed E-state index contributed by atoms with van der Waals surface area (Å²) in [6.07, 6.45) is 3.68. The molecule has 1 amide bonds. The van der Waals surface area contributed by atoms with E-state index in [2.05, 4.69) is 15.4 Å². The van der Waals surface area contributed by atoms with E-state index in [4.69, 9.17) is 17.0 Å². The molecule has 0 saturated carbocycles. The average Bonchev–Trinajstić information content (AvgIpc) is 2.71. The number of sulfonamides is 1. The number of carbonyl (C=O) groups excluding carboxylic acids is 1. The Labute approximate surface area is 176 Å². The summed E-state index contributed by atoms with van der Waals surface area (Å²) < 4.78 is 31.9. The van der Waals surface area contributed by atoms with Gasteiger partial charge in [-0.05, 0) is 55.0 Å². The van der Waals surface area contributed by atoms with Crippen LogP contribution in [-0.4, -0.2) is 33.1 Å². The van der Waals surface area contributed by atoms with Gasteiger partial charge in [0, 0.05) is 23.9 Å². The molecule has 0 atom stereocenters. The molecule has 0 aliphatic rings. The number of methoxy groups -OCH3 is 1. The molecule has 7 nitrogen and oxygen atoms in total. The summed E-state index contributed by atoms with van der Waals surface area (Å²) in [6.45, 7) is 2.26. The number of amides is 1. The third kappa shape index (κ3) is 6.97. The molecule has 0 spiro atoms. The quantitative estimate of drug-likeness (QED) is 0.438. The van der Waals surface area contributed by atoms with E-state index in [0.29, 0.717) is 24.4 Å². The lowest BCUT2D eigenvalue weighted by atomic mass is 10.2. The first-order valence-electron chi connectivity index (χ1n) is 8.88. The third-order valence-corrected chi connectivity index (χ3v) is 5.44. The lowest BCUT2D eigenvalue weighted by Gasteiger charge is -2.10. The number of benzene rings is 2. The molecule has 9 heteroatoms. The van der Waals surface area contributed by atoms with Gasteiger partial charge in [-0.15, -0.1) is 0 Å². The molecule has 154 valence electrons. The second kappa shape index (κ2) is 10.7. The van der Waals surface area contributed by atoms with Crippen molar-refractivity contribution in [1.82, 2.24) is 10.0 Å². The largest absolute Gasteiger partial charge is 0.496 e. The number of hydrogen-bond donors (Lipinski definition) is 3.